The number of esters is 1. The molecule has 0 fully saturated rings. The van der Waals surface area contributed by atoms with Gasteiger partial charge in [0.25, 0.3) is 0 Å². The van der Waals surface area contributed by atoms with Crippen LogP contribution in [0.3, 0.4) is 0 Å². The zero-order chi connectivity index (χ0) is 23.0. The Balaban J connectivity index is 1.35. The molecule has 5 heteroatoms. The van der Waals surface area contributed by atoms with E-state index in [2.05, 4.69) is 10.3 Å². The zero-order valence-electron chi connectivity index (χ0n) is 18.5. The smallest absolute Gasteiger partial charge is 0.310 e. The van der Waals surface area contributed by atoms with Gasteiger partial charge in [0.05, 0.1) is 12.3 Å². The van der Waals surface area contributed by atoms with Crippen LogP contribution in [0, 0.1) is 0 Å². The number of amides is 1. The number of rotatable bonds is 8. The molecular formula is C28H26N2O3. The number of ether oxygens (including phenoxy) is 1. The van der Waals surface area contributed by atoms with Gasteiger partial charge in [-0.25, -0.2) is 0 Å². The molecule has 3 aromatic carbocycles. The van der Waals surface area contributed by atoms with Gasteiger partial charge in [-0.15, -0.1) is 0 Å². The number of aromatic nitrogens is 1. The molecule has 1 aromatic heterocycles. The highest BCUT2D eigenvalue weighted by atomic mass is 16.5. The third-order valence-electron chi connectivity index (χ3n) is 5.61. The quantitative estimate of drug-likeness (QED) is 0.361. The summed E-state index contributed by atoms with van der Waals surface area (Å²) in [6, 6.07) is 24.9. The van der Waals surface area contributed by atoms with E-state index in [1.54, 1.807) is 12.4 Å². The van der Waals surface area contributed by atoms with Crippen LogP contribution in [0.4, 0.5) is 5.69 Å². The Kier molecular flexibility index (Phi) is 7.10. The predicted octanol–water partition coefficient (Wildman–Crippen LogP) is 5.65. The minimum atomic E-state index is -0.271. The van der Waals surface area contributed by atoms with Crippen LogP contribution in [0.15, 0.2) is 91.3 Å². The molecule has 0 saturated heterocycles. The van der Waals surface area contributed by atoms with E-state index in [-0.39, 0.29) is 30.8 Å². The van der Waals surface area contributed by atoms with Gasteiger partial charge in [0.1, 0.15) is 6.61 Å². The Morgan fingerprint density at radius 2 is 1.70 bits per heavy atom. The minimum absolute atomic E-state index is 0.0482. The lowest BCUT2D eigenvalue weighted by Gasteiger charge is -2.16. The molecule has 4 aromatic rings. The van der Waals surface area contributed by atoms with Gasteiger partial charge in [-0.1, -0.05) is 67.6 Å². The summed E-state index contributed by atoms with van der Waals surface area (Å²) in [6.45, 7) is 2.20. The first-order valence-electron chi connectivity index (χ1n) is 11.1. The fourth-order valence-electron chi connectivity index (χ4n) is 3.79. The van der Waals surface area contributed by atoms with Crippen molar-refractivity contribution in [1.82, 2.24) is 4.98 Å². The minimum Gasteiger partial charge on any atom is -0.461 e. The molecule has 4 rings (SSSR count). The average Bonchev–Trinajstić information content (AvgIpc) is 2.84. The van der Waals surface area contributed by atoms with E-state index in [4.69, 9.17) is 4.74 Å². The summed E-state index contributed by atoms with van der Waals surface area (Å²) in [5.41, 5.74) is 3.51. The van der Waals surface area contributed by atoms with E-state index >= 15 is 0 Å². The zero-order valence-corrected chi connectivity index (χ0v) is 18.5. The number of nitrogens with zero attached hydrogens (tertiary/aromatic N) is 1. The van der Waals surface area contributed by atoms with Crippen LogP contribution in [0.2, 0.25) is 0 Å². The number of hydrogen-bond donors (Lipinski definition) is 1. The summed E-state index contributed by atoms with van der Waals surface area (Å²) in [7, 11) is 0. The van der Waals surface area contributed by atoms with Crippen molar-refractivity contribution in [2.45, 2.75) is 32.3 Å². The molecule has 0 aliphatic rings. The molecule has 0 aliphatic heterocycles. The molecule has 1 amide bonds. The van der Waals surface area contributed by atoms with Crippen LogP contribution in [0.25, 0.3) is 10.8 Å². The van der Waals surface area contributed by atoms with Gasteiger partial charge < -0.3 is 10.1 Å². The molecule has 0 radical (unpaired) electrons. The van der Waals surface area contributed by atoms with E-state index in [9.17, 15) is 9.59 Å². The second-order valence-corrected chi connectivity index (χ2v) is 7.95. The van der Waals surface area contributed by atoms with Crippen molar-refractivity contribution in [2.75, 3.05) is 5.32 Å². The summed E-state index contributed by atoms with van der Waals surface area (Å²) in [5, 5.41) is 5.09. The number of fused-ring (bicyclic) bond motifs is 1. The molecule has 0 aliphatic carbocycles. The van der Waals surface area contributed by atoms with Crippen molar-refractivity contribution in [3.8, 4) is 0 Å². The van der Waals surface area contributed by atoms with Gasteiger partial charge in [0.15, 0.2) is 0 Å². The van der Waals surface area contributed by atoms with Crippen LogP contribution in [-0.2, 0) is 27.4 Å². The van der Waals surface area contributed by atoms with Crippen LogP contribution >= 0.6 is 0 Å². The average molecular weight is 439 g/mol. The third kappa shape index (κ3) is 5.83. The summed E-state index contributed by atoms with van der Waals surface area (Å²) in [5.74, 6) is -0.581. The molecule has 1 atom stereocenters. The molecule has 166 valence electrons. The molecule has 1 heterocycles. The number of carbonyl (C=O) groups is 2. The molecule has 0 spiro atoms. The molecule has 1 N–H and O–H groups in total. The van der Waals surface area contributed by atoms with E-state index in [1.807, 2.05) is 85.8 Å². The topological polar surface area (TPSA) is 68.3 Å². The fraction of sp³-hybridized carbons (Fsp3) is 0.179. The summed E-state index contributed by atoms with van der Waals surface area (Å²) >= 11 is 0. The van der Waals surface area contributed by atoms with Crippen molar-refractivity contribution in [3.63, 3.8) is 0 Å². The molecule has 33 heavy (non-hydrogen) atoms. The number of anilines is 1. The number of hydrogen-bond acceptors (Lipinski definition) is 4. The van der Waals surface area contributed by atoms with Crippen molar-refractivity contribution < 1.29 is 14.3 Å². The number of benzene rings is 3. The maximum Gasteiger partial charge on any atom is 0.310 e. The highest BCUT2D eigenvalue weighted by Crippen LogP contribution is 2.24. The highest BCUT2D eigenvalue weighted by Gasteiger charge is 2.19. The SMILES string of the molecule is CCC(C(=O)Nc1ccc2cnccc2c1)c1ccc(COC(=O)Cc2ccccc2)cc1. The first-order valence-corrected chi connectivity index (χ1v) is 11.1. The monoisotopic (exact) mass is 438 g/mol. The standard InChI is InChI=1S/C28H26N2O3/c1-2-26(28(32)30-25-13-12-24-18-29-15-14-23(24)17-25)22-10-8-21(9-11-22)19-33-27(31)16-20-6-4-3-5-7-20/h3-15,17-18,26H,2,16,19H2,1H3,(H,30,32). The van der Waals surface area contributed by atoms with Gasteiger partial charge in [-0.2, -0.15) is 0 Å². The van der Waals surface area contributed by atoms with Crippen molar-refractivity contribution in [3.05, 3.63) is 108 Å². The number of pyridine rings is 1. The Morgan fingerprint density at radius 3 is 2.45 bits per heavy atom. The maximum absolute atomic E-state index is 13.0. The lowest BCUT2D eigenvalue weighted by Crippen LogP contribution is -2.20. The first-order chi connectivity index (χ1) is 16.1. The van der Waals surface area contributed by atoms with Gasteiger partial charge in [0.2, 0.25) is 5.91 Å². The highest BCUT2D eigenvalue weighted by molar-refractivity contribution is 5.97. The van der Waals surface area contributed by atoms with E-state index < -0.39 is 0 Å². The maximum atomic E-state index is 13.0. The molecule has 0 bridgehead atoms. The van der Waals surface area contributed by atoms with Gasteiger partial charge in [-0.3, -0.25) is 14.6 Å². The first kappa shape index (κ1) is 22.2. The second-order valence-electron chi connectivity index (χ2n) is 7.95. The Hall–Kier alpha value is -3.99. The van der Waals surface area contributed by atoms with Crippen LogP contribution in [0.5, 0.6) is 0 Å². The van der Waals surface area contributed by atoms with E-state index in [0.717, 1.165) is 33.2 Å². The van der Waals surface area contributed by atoms with Crippen LogP contribution in [0.1, 0.15) is 36.0 Å². The molecule has 0 saturated carbocycles. The van der Waals surface area contributed by atoms with Crippen molar-refractivity contribution >= 4 is 28.3 Å². The van der Waals surface area contributed by atoms with Gasteiger partial charge >= 0.3 is 5.97 Å². The van der Waals surface area contributed by atoms with E-state index in [0.29, 0.717) is 6.42 Å². The molecule has 5 nitrogen and oxygen atoms in total. The van der Waals surface area contributed by atoms with E-state index in [1.165, 1.54) is 0 Å². The second kappa shape index (κ2) is 10.6. The fourth-order valence-corrected chi connectivity index (χ4v) is 3.79. The number of carbonyl (C=O) groups excluding carboxylic acids is 2. The lowest BCUT2D eigenvalue weighted by molar-refractivity contribution is -0.144. The van der Waals surface area contributed by atoms with Crippen molar-refractivity contribution in [1.29, 1.82) is 0 Å². The molecular weight excluding hydrogens is 412 g/mol. The summed E-state index contributed by atoms with van der Waals surface area (Å²) in [4.78, 5) is 29.2. The van der Waals surface area contributed by atoms with Crippen molar-refractivity contribution in [2.24, 2.45) is 0 Å². The third-order valence-corrected chi connectivity index (χ3v) is 5.61. The predicted molar refractivity (Wildman–Crippen MR) is 130 cm³/mol. The Labute approximate surface area is 193 Å². The largest absolute Gasteiger partial charge is 0.461 e. The lowest BCUT2D eigenvalue weighted by atomic mass is 9.94. The summed E-state index contributed by atoms with van der Waals surface area (Å²) in [6.07, 6.45) is 4.47. The van der Waals surface area contributed by atoms with Gasteiger partial charge in [0, 0.05) is 23.5 Å². The van der Waals surface area contributed by atoms with Crippen LogP contribution < -0.4 is 5.32 Å². The Morgan fingerprint density at radius 1 is 0.909 bits per heavy atom. The Bertz CT molecular complexity index is 1240. The summed E-state index contributed by atoms with van der Waals surface area (Å²) < 4.78 is 5.40. The number of nitrogens with one attached hydrogen (secondary N) is 1. The van der Waals surface area contributed by atoms with Crippen LogP contribution in [-0.4, -0.2) is 16.9 Å². The van der Waals surface area contributed by atoms with Gasteiger partial charge in [-0.05, 0) is 46.7 Å². The normalized spacial score (nSPS) is 11.7. The molecule has 1 unspecified atom stereocenters.